The van der Waals surface area contributed by atoms with Crippen molar-refractivity contribution < 1.29 is 13.2 Å². The summed E-state index contributed by atoms with van der Waals surface area (Å²) in [7, 11) is -3.56. The van der Waals surface area contributed by atoms with E-state index in [0.717, 1.165) is 35.7 Å². The largest absolute Gasteiger partial charge is 0.321 e. The van der Waals surface area contributed by atoms with Gasteiger partial charge in [-0.15, -0.1) is 0 Å². The van der Waals surface area contributed by atoms with Crippen LogP contribution in [0.5, 0.6) is 0 Å². The first-order valence-corrected chi connectivity index (χ1v) is 14.1. The Bertz CT molecular complexity index is 1560. The molecule has 0 aromatic heterocycles. The fourth-order valence-corrected chi connectivity index (χ4v) is 5.82. The van der Waals surface area contributed by atoms with Crippen LogP contribution in [0.2, 0.25) is 5.02 Å². The van der Waals surface area contributed by atoms with Crippen molar-refractivity contribution >= 4 is 65.6 Å². The molecule has 5 nitrogen and oxygen atoms in total. The first-order valence-electron chi connectivity index (χ1n) is 11.1. The van der Waals surface area contributed by atoms with Gasteiger partial charge in [-0.25, -0.2) is 8.42 Å². The molecule has 5 rings (SSSR count). The number of sulfonamides is 1. The fraction of sp³-hybridized carbons (Fsp3) is 0.148. The topological polar surface area (TPSA) is 66.5 Å². The number of hydrogen-bond donors (Lipinski definition) is 1. The minimum Gasteiger partial charge on any atom is -0.321 e. The van der Waals surface area contributed by atoms with Gasteiger partial charge in [0, 0.05) is 21.1 Å². The van der Waals surface area contributed by atoms with E-state index in [1.807, 2.05) is 18.2 Å². The molecule has 1 amide bonds. The molecule has 178 valence electrons. The Kier molecular flexibility index (Phi) is 6.34. The molecule has 1 aliphatic carbocycles. The summed E-state index contributed by atoms with van der Waals surface area (Å²) >= 11 is 9.50. The van der Waals surface area contributed by atoms with E-state index in [0.29, 0.717) is 20.7 Å². The van der Waals surface area contributed by atoms with E-state index in [2.05, 4.69) is 33.4 Å². The van der Waals surface area contributed by atoms with Crippen LogP contribution < -0.4 is 9.62 Å². The van der Waals surface area contributed by atoms with E-state index in [9.17, 15) is 13.2 Å². The molecule has 0 atom stereocenters. The van der Waals surface area contributed by atoms with Crippen LogP contribution in [-0.2, 0) is 29.4 Å². The summed E-state index contributed by atoms with van der Waals surface area (Å²) in [4.78, 5) is 13.0. The molecule has 0 bridgehead atoms. The highest BCUT2D eigenvalue weighted by atomic mass is 79.9. The summed E-state index contributed by atoms with van der Waals surface area (Å²) in [6.07, 6.45) is 3.22. The van der Waals surface area contributed by atoms with Gasteiger partial charge in [0.25, 0.3) is 5.91 Å². The number of hydrogen-bond acceptors (Lipinski definition) is 3. The van der Waals surface area contributed by atoms with Gasteiger partial charge in [-0.3, -0.25) is 9.10 Å². The van der Waals surface area contributed by atoms with Crippen LogP contribution in [0, 0.1) is 0 Å². The first-order chi connectivity index (χ1) is 16.7. The third-order valence-electron chi connectivity index (χ3n) is 6.26. The van der Waals surface area contributed by atoms with Gasteiger partial charge in [0.05, 0.1) is 23.5 Å². The lowest BCUT2D eigenvalue weighted by molar-refractivity contribution is 0.102. The molecule has 0 spiro atoms. The van der Waals surface area contributed by atoms with Gasteiger partial charge in [0.1, 0.15) is 0 Å². The first kappa shape index (κ1) is 23.9. The molecule has 1 aliphatic rings. The molecular formula is C27H22BrClN2O3S. The lowest BCUT2D eigenvalue weighted by Crippen LogP contribution is -2.29. The van der Waals surface area contributed by atoms with Crippen molar-refractivity contribution in [1.82, 2.24) is 0 Å². The van der Waals surface area contributed by atoms with E-state index in [1.54, 1.807) is 42.5 Å². The molecular weight excluding hydrogens is 548 g/mol. The molecule has 0 aliphatic heterocycles. The summed E-state index contributed by atoms with van der Waals surface area (Å²) < 4.78 is 26.9. The van der Waals surface area contributed by atoms with Crippen LogP contribution in [0.3, 0.4) is 0 Å². The van der Waals surface area contributed by atoms with Gasteiger partial charge in [-0.2, -0.15) is 0 Å². The summed E-state index contributed by atoms with van der Waals surface area (Å²) in [5.41, 5.74) is 5.14. The van der Waals surface area contributed by atoms with Crippen molar-refractivity contribution in [2.75, 3.05) is 15.9 Å². The average Bonchev–Trinajstić information content (AvgIpc) is 3.25. The van der Waals surface area contributed by atoms with E-state index >= 15 is 0 Å². The van der Waals surface area contributed by atoms with Gasteiger partial charge in [-0.05, 0) is 87.2 Å². The summed E-state index contributed by atoms with van der Waals surface area (Å²) in [6, 6.07) is 22.2. The Morgan fingerprint density at radius 2 is 1.71 bits per heavy atom. The molecule has 4 aromatic carbocycles. The van der Waals surface area contributed by atoms with E-state index < -0.39 is 10.0 Å². The Labute approximate surface area is 217 Å². The highest BCUT2D eigenvalue weighted by molar-refractivity contribution is 9.10. The minimum atomic E-state index is -3.56. The molecule has 35 heavy (non-hydrogen) atoms. The van der Waals surface area contributed by atoms with E-state index in [4.69, 9.17) is 11.6 Å². The number of carbonyl (C=O) groups is 1. The standard InChI is InChI=1S/C27H22BrClN2O3S/c1-35(33,34)31(21-12-13-23(28)24(29)15-21)16-17-5-7-20(8-6-17)27(32)30-25-14-11-19-10-9-18-3-2-4-22(25)26(18)19/h2-8,11-15H,9-10,16H2,1H3,(H,30,32). The number of nitrogens with zero attached hydrogens (tertiary/aromatic N) is 1. The quantitative estimate of drug-likeness (QED) is 0.285. The second-order valence-electron chi connectivity index (χ2n) is 8.63. The molecule has 0 saturated carbocycles. The van der Waals surface area contributed by atoms with Gasteiger partial charge in [0.15, 0.2) is 0 Å². The zero-order chi connectivity index (χ0) is 24.7. The number of carbonyl (C=O) groups excluding carboxylic acids is 1. The molecule has 0 heterocycles. The molecule has 4 aromatic rings. The van der Waals surface area contributed by atoms with Gasteiger partial charge >= 0.3 is 0 Å². The number of benzene rings is 4. The molecule has 0 saturated heterocycles. The van der Waals surface area contributed by atoms with Crippen LogP contribution in [-0.4, -0.2) is 20.6 Å². The maximum absolute atomic E-state index is 13.0. The van der Waals surface area contributed by atoms with E-state index in [-0.39, 0.29) is 12.5 Å². The van der Waals surface area contributed by atoms with Crippen molar-refractivity contribution in [3.8, 4) is 0 Å². The number of amides is 1. The normalized spacial score (nSPS) is 12.7. The maximum Gasteiger partial charge on any atom is 0.255 e. The fourth-order valence-electron chi connectivity index (χ4n) is 4.52. The van der Waals surface area contributed by atoms with Crippen molar-refractivity contribution in [3.63, 3.8) is 0 Å². The SMILES string of the molecule is CS(=O)(=O)N(Cc1ccc(C(=O)Nc2ccc3c4c(cccc24)CC3)cc1)c1ccc(Br)c(Cl)c1. The van der Waals surface area contributed by atoms with Crippen molar-refractivity contribution in [2.24, 2.45) is 0 Å². The highest BCUT2D eigenvalue weighted by Gasteiger charge is 2.20. The number of nitrogens with one attached hydrogen (secondary N) is 1. The molecule has 1 N–H and O–H groups in total. The summed E-state index contributed by atoms with van der Waals surface area (Å²) in [5.74, 6) is -0.213. The van der Waals surface area contributed by atoms with Crippen LogP contribution >= 0.6 is 27.5 Å². The Balaban J connectivity index is 1.36. The monoisotopic (exact) mass is 568 g/mol. The maximum atomic E-state index is 13.0. The van der Waals surface area contributed by atoms with Crippen LogP contribution in [0.4, 0.5) is 11.4 Å². The van der Waals surface area contributed by atoms with Crippen molar-refractivity contribution in [3.05, 3.63) is 105 Å². The summed E-state index contributed by atoms with van der Waals surface area (Å²) in [6.45, 7) is 0.119. The minimum absolute atomic E-state index is 0.119. The zero-order valence-corrected chi connectivity index (χ0v) is 22.0. The molecule has 0 radical (unpaired) electrons. The van der Waals surface area contributed by atoms with Gasteiger partial charge < -0.3 is 5.32 Å². The van der Waals surface area contributed by atoms with Gasteiger partial charge in [-0.1, -0.05) is 48.0 Å². The van der Waals surface area contributed by atoms with Crippen LogP contribution in [0.15, 0.2) is 77.3 Å². The number of anilines is 2. The Morgan fingerprint density at radius 3 is 2.40 bits per heavy atom. The lowest BCUT2D eigenvalue weighted by atomic mass is 10.0. The van der Waals surface area contributed by atoms with Crippen LogP contribution in [0.1, 0.15) is 27.0 Å². The number of rotatable bonds is 6. The lowest BCUT2D eigenvalue weighted by Gasteiger charge is -2.23. The highest BCUT2D eigenvalue weighted by Crippen LogP contribution is 2.35. The molecule has 8 heteroatoms. The summed E-state index contributed by atoms with van der Waals surface area (Å²) in [5, 5.41) is 5.76. The zero-order valence-electron chi connectivity index (χ0n) is 18.9. The predicted molar refractivity (Wildman–Crippen MR) is 146 cm³/mol. The number of halogens is 2. The van der Waals surface area contributed by atoms with Crippen molar-refractivity contribution in [1.29, 1.82) is 0 Å². The van der Waals surface area contributed by atoms with Gasteiger partial charge in [0.2, 0.25) is 10.0 Å². The second-order valence-corrected chi connectivity index (χ2v) is 11.8. The Hall–Kier alpha value is -2.87. The average molecular weight is 570 g/mol. The third kappa shape index (κ3) is 4.81. The predicted octanol–water partition coefficient (Wildman–Crippen LogP) is 6.57. The molecule has 0 unspecified atom stereocenters. The van der Waals surface area contributed by atoms with Crippen LogP contribution in [0.25, 0.3) is 10.8 Å². The molecule has 0 fully saturated rings. The smallest absolute Gasteiger partial charge is 0.255 e. The third-order valence-corrected chi connectivity index (χ3v) is 8.63. The van der Waals surface area contributed by atoms with E-state index in [1.165, 1.54) is 20.8 Å². The number of aryl methyl sites for hydroxylation is 2. The van der Waals surface area contributed by atoms with Crippen molar-refractivity contribution in [2.45, 2.75) is 19.4 Å². The Morgan fingerprint density at radius 1 is 1.00 bits per heavy atom. The second kappa shape index (κ2) is 9.30.